The predicted molar refractivity (Wildman–Crippen MR) is 79.7 cm³/mol. The normalized spacial score (nSPS) is 26.8. The van der Waals surface area contributed by atoms with Crippen molar-refractivity contribution in [3.05, 3.63) is 0 Å². The molecule has 0 saturated heterocycles. The molecule has 3 unspecified atom stereocenters. The first-order chi connectivity index (χ1) is 8.54. The Morgan fingerprint density at radius 3 is 2.44 bits per heavy atom. The van der Waals surface area contributed by atoms with Gasteiger partial charge in [0.1, 0.15) is 0 Å². The van der Waals surface area contributed by atoms with E-state index < -0.39 is 0 Å². The maximum absolute atomic E-state index is 5.89. The fourth-order valence-electron chi connectivity index (χ4n) is 3.07. The molecule has 1 rings (SSSR count). The fraction of sp³-hybridized carbons (Fsp3) is 1.00. The Bertz CT molecular complexity index is 214. The Morgan fingerprint density at radius 2 is 1.89 bits per heavy atom. The molecule has 0 spiro atoms. The molecule has 0 heterocycles. The highest BCUT2D eigenvalue weighted by Gasteiger charge is 2.24. The van der Waals surface area contributed by atoms with Gasteiger partial charge in [-0.2, -0.15) is 0 Å². The Balaban J connectivity index is 2.39. The van der Waals surface area contributed by atoms with Crippen LogP contribution in [0.5, 0.6) is 0 Å². The van der Waals surface area contributed by atoms with Gasteiger partial charge >= 0.3 is 0 Å². The zero-order valence-corrected chi connectivity index (χ0v) is 12.8. The summed E-state index contributed by atoms with van der Waals surface area (Å²) in [6.07, 6.45) is 6.61. The lowest BCUT2D eigenvalue weighted by atomic mass is 9.84. The molecule has 3 N–H and O–H groups in total. The first-order valence-corrected chi connectivity index (χ1v) is 7.64. The van der Waals surface area contributed by atoms with Crippen LogP contribution in [-0.2, 0) is 0 Å². The Kier molecular flexibility index (Phi) is 7.20. The predicted octanol–water partition coefficient (Wildman–Crippen LogP) is 2.07. The topological polar surface area (TPSA) is 41.3 Å². The standard InChI is InChI=1S/C15H33N3/c1-12(2)9-14(18(3)4)11-17-15-8-6-5-7-13(15)10-16/h12-15,17H,5-11,16H2,1-4H3. The van der Waals surface area contributed by atoms with Crippen LogP contribution in [0.2, 0.25) is 0 Å². The number of hydrogen-bond acceptors (Lipinski definition) is 3. The lowest BCUT2D eigenvalue weighted by molar-refractivity contribution is 0.210. The van der Waals surface area contributed by atoms with Gasteiger partial charge in [0.2, 0.25) is 0 Å². The number of hydrogen-bond donors (Lipinski definition) is 2. The molecule has 0 aromatic carbocycles. The smallest absolute Gasteiger partial charge is 0.0217 e. The van der Waals surface area contributed by atoms with Gasteiger partial charge in [0.05, 0.1) is 0 Å². The van der Waals surface area contributed by atoms with Crippen molar-refractivity contribution >= 4 is 0 Å². The maximum atomic E-state index is 5.89. The van der Waals surface area contributed by atoms with Crippen LogP contribution in [0.3, 0.4) is 0 Å². The summed E-state index contributed by atoms with van der Waals surface area (Å²) in [6.45, 7) is 6.56. The molecule has 18 heavy (non-hydrogen) atoms. The van der Waals surface area contributed by atoms with Crippen LogP contribution in [0, 0.1) is 11.8 Å². The molecule has 0 aliphatic heterocycles. The van der Waals surface area contributed by atoms with E-state index in [1.165, 1.54) is 32.1 Å². The summed E-state index contributed by atoms with van der Waals surface area (Å²) in [6, 6.07) is 1.30. The van der Waals surface area contributed by atoms with E-state index in [2.05, 4.69) is 38.2 Å². The molecule has 1 saturated carbocycles. The summed E-state index contributed by atoms with van der Waals surface area (Å²) in [7, 11) is 4.38. The van der Waals surface area contributed by atoms with E-state index >= 15 is 0 Å². The highest BCUT2D eigenvalue weighted by Crippen LogP contribution is 2.23. The van der Waals surface area contributed by atoms with Crippen LogP contribution in [0.4, 0.5) is 0 Å². The second-order valence-electron chi connectivity index (χ2n) is 6.54. The van der Waals surface area contributed by atoms with E-state index in [0.717, 1.165) is 19.0 Å². The van der Waals surface area contributed by atoms with Gasteiger partial charge in [-0.15, -0.1) is 0 Å². The Labute approximate surface area is 113 Å². The molecule has 0 aromatic heterocycles. The molecule has 0 bridgehead atoms. The van der Waals surface area contributed by atoms with E-state index in [0.29, 0.717) is 18.0 Å². The summed E-state index contributed by atoms with van der Waals surface area (Å²) in [4.78, 5) is 2.35. The zero-order valence-electron chi connectivity index (χ0n) is 12.8. The average Bonchev–Trinajstić information content (AvgIpc) is 2.34. The lowest BCUT2D eigenvalue weighted by Crippen LogP contribution is -2.47. The summed E-state index contributed by atoms with van der Waals surface area (Å²) in [5.74, 6) is 1.46. The van der Waals surface area contributed by atoms with E-state index in [-0.39, 0.29) is 0 Å². The van der Waals surface area contributed by atoms with Gasteiger partial charge in [-0.05, 0) is 51.7 Å². The number of nitrogens with one attached hydrogen (secondary N) is 1. The van der Waals surface area contributed by atoms with E-state index in [1.54, 1.807) is 0 Å². The molecule has 0 radical (unpaired) electrons. The van der Waals surface area contributed by atoms with Gasteiger partial charge in [0.15, 0.2) is 0 Å². The minimum atomic E-state index is 0.644. The van der Waals surface area contributed by atoms with Crippen molar-refractivity contribution in [1.82, 2.24) is 10.2 Å². The molecular weight excluding hydrogens is 222 g/mol. The molecule has 3 nitrogen and oxygen atoms in total. The number of likely N-dealkylation sites (N-methyl/N-ethyl adjacent to an activating group) is 1. The van der Waals surface area contributed by atoms with E-state index in [4.69, 9.17) is 5.73 Å². The van der Waals surface area contributed by atoms with Crippen LogP contribution >= 0.6 is 0 Å². The molecular formula is C15H33N3. The molecule has 0 aromatic rings. The van der Waals surface area contributed by atoms with Gasteiger partial charge in [-0.1, -0.05) is 26.7 Å². The van der Waals surface area contributed by atoms with Crippen molar-refractivity contribution in [3.8, 4) is 0 Å². The van der Waals surface area contributed by atoms with Crippen molar-refractivity contribution in [3.63, 3.8) is 0 Å². The van der Waals surface area contributed by atoms with E-state index in [9.17, 15) is 0 Å². The second-order valence-corrected chi connectivity index (χ2v) is 6.54. The first-order valence-electron chi connectivity index (χ1n) is 7.64. The second kappa shape index (κ2) is 8.13. The van der Waals surface area contributed by atoms with Gasteiger partial charge < -0.3 is 16.0 Å². The highest BCUT2D eigenvalue weighted by molar-refractivity contribution is 4.83. The SMILES string of the molecule is CC(C)CC(CNC1CCCCC1CN)N(C)C. The highest BCUT2D eigenvalue weighted by atomic mass is 15.1. The largest absolute Gasteiger partial charge is 0.330 e. The molecule has 0 amide bonds. The van der Waals surface area contributed by atoms with Crippen molar-refractivity contribution < 1.29 is 0 Å². The third-order valence-electron chi connectivity index (χ3n) is 4.30. The Morgan fingerprint density at radius 1 is 1.22 bits per heavy atom. The monoisotopic (exact) mass is 255 g/mol. The van der Waals surface area contributed by atoms with E-state index in [1.807, 2.05) is 0 Å². The van der Waals surface area contributed by atoms with Crippen molar-refractivity contribution in [2.24, 2.45) is 17.6 Å². The summed E-state index contributed by atoms with van der Waals surface area (Å²) in [5, 5.41) is 3.79. The number of rotatable bonds is 7. The van der Waals surface area contributed by atoms with Crippen LogP contribution in [0.15, 0.2) is 0 Å². The minimum Gasteiger partial charge on any atom is -0.330 e. The first kappa shape index (κ1) is 15.9. The summed E-state index contributed by atoms with van der Waals surface area (Å²) in [5.41, 5.74) is 5.89. The van der Waals surface area contributed by atoms with Gasteiger partial charge in [-0.3, -0.25) is 0 Å². The molecule has 1 fully saturated rings. The quantitative estimate of drug-likeness (QED) is 0.732. The van der Waals surface area contributed by atoms with Crippen LogP contribution in [0.1, 0.15) is 46.0 Å². The van der Waals surface area contributed by atoms with Gasteiger partial charge in [0.25, 0.3) is 0 Å². The Hall–Kier alpha value is -0.120. The van der Waals surface area contributed by atoms with Crippen LogP contribution < -0.4 is 11.1 Å². The van der Waals surface area contributed by atoms with Gasteiger partial charge in [0, 0.05) is 18.6 Å². The zero-order chi connectivity index (χ0) is 13.5. The van der Waals surface area contributed by atoms with Crippen LogP contribution in [0.25, 0.3) is 0 Å². The van der Waals surface area contributed by atoms with Crippen LogP contribution in [-0.4, -0.2) is 44.2 Å². The summed E-state index contributed by atoms with van der Waals surface area (Å²) < 4.78 is 0. The molecule has 108 valence electrons. The average molecular weight is 255 g/mol. The van der Waals surface area contributed by atoms with Gasteiger partial charge in [-0.25, -0.2) is 0 Å². The fourth-order valence-corrected chi connectivity index (χ4v) is 3.07. The number of nitrogens with zero attached hydrogens (tertiary/aromatic N) is 1. The third-order valence-corrected chi connectivity index (χ3v) is 4.30. The molecule has 1 aliphatic rings. The third kappa shape index (κ3) is 5.25. The molecule has 3 heteroatoms. The lowest BCUT2D eigenvalue weighted by Gasteiger charge is -2.34. The van der Waals surface area contributed by atoms with Crippen molar-refractivity contribution in [1.29, 1.82) is 0 Å². The molecule has 1 aliphatic carbocycles. The van der Waals surface area contributed by atoms with Crippen molar-refractivity contribution in [2.45, 2.75) is 58.0 Å². The van der Waals surface area contributed by atoms with Crippen molar-refractivity contribution in [2.75, 3.05) is 27.2 Å². The molecule has 3 atom stereocenters. The summed E-state index contributed by atoms with van der Waals surface area (Å²) >= 11 is 0. The minimum absolute atomic E-state index is 0.644. The maximum Gasteiger partial charge on any atom is 0.0217 e. The number of nitrogens with two attached hydrogens (primary N) is 1.